The second-order valence-corrected chi connectivity index (χ2v) is 5.39. The van der Waals surface area contributed by atoms with Crippen molar-refractivity contribution in [2.45, 2.75) is 33.1 Å². The topological polar surface area (TPSA) is 35.5 Å². The summed E-state index contributed by atoms with van der Waals surface area (Å²) < 4.78 is 10.3. The second kappa shape index (κ2) is 6.41. The van der Waals surface area contributed by atoms with Crippen molar-refractivity contribution >= 4 is 5.97 Å². The van der Waals surface area contributed by atoms with Crippen LogP contribution in [-0.2, 0) is 14.9 Å². The molecule has 0 aromatic heterocycles. The van der Waals surface area contributed by atoms with E-state index >= 15 is 0 Å². The van der Waals surface area contributed by atoms with Gasteiger partial charge in [0.05, 0.1) is 12.2 Å². The second-order valence-electron chi connectivity index (χ2n) is 5.39. The fraction of sp³-hybridized carbons (Fsp3) is 0.438. The minimum Gasteiger partial charge on any atom is -0.489 e. The Morgan fingerprint density at radius 1 is 1.21 bits per heavy atom. The molecule has 0 amide bonds. The van der Waals surface area contributed by atoms with E-state index in [4.69, 9.17) is 9.47 Å². The molecule has 104 valence electrons. The van der Waals surface area contributed by atoms with E-state index in [1.807, 2.05) is 24.3 Å². The Morgan fingerprint density at radius 3 is 2.26 bits per heavy atom. The highest BCUT2D eigenvalue weighted by molar-refractivity contribution is 5.88. The molecule has 0 aliphatic rings. The lowest BCUT2D eigenvalue weighted by molar-refractivity contribution is -0.138. The zero-order chi connectivity index (χ0) is 14.5. The van der Waals surface area contributed by atoms with Crippen molar-refractivity contribution in [2.75, 3.05) is 13.2 Å². The van der Waals surface area contributed by atoms with Gasteiger partial charge in [-0.1, -0.05) is 39.5 Å². The van der Waals surface area contributed by atoms with Gasteiger partial charge in [-0.2, -0.15) is 0 Å². The maximum Gasteiger partial charge on any atom is 0.336 e. The Kier molecular flexibility index (Phi) is 5.16. The van der Waals surface area contributed by atoms with Crippen LogP contribution in [0.4, 0.5) is 0 Å². The molecule has 1 aromatic rings. The Labute approximate surface area is 115 Å². The first-order chi connectivity index (χ1) is 8.84. The summed E-state index contributed by atoms with van der Waals surface area (Å²) in [5.74, 6) is 0.312. The first-order valence-corrected chi connectivity index (χ1v) is 6.43. The van der Waals surface area contributed by atoms with Gasteiger partial charge >= 0.3 is 5.97 Å². The Morgan fingerprint density at radius 2 is 1.79 bits per heavy atom. The van der Waals surface area contributed by atoms with E-state index in [1.54, 1.807) is 6.92 Å². The number of hydrogen-bond acceptors (Lipinski definition) is 3. The summed E-state index contributed by atoms with van der Waals surface area (Å²) in [6.07, 6.45) is 0. The molecule has 0 N–H and O–H groups in total. The summed E-state index contributed by atoms with van der Waals surface area (Å²) in [6.45, 7) is 12.4. The summed E-state index contributed by atoms with van der Waals surface area (Å²) in [5.41, 5.74) is 1.68. The molecule has 0 aliphatic heterocycles. The predicted octanol–water partition coefficient (Wildman–Crippen LogP) is 3.48. The van der Waals surface area contributed by atoms with Crippen LogP contribution in [0.5, 0.6) is 5.75 Å². The van der Waals surface area contributed by atoms with Gasteiger partial charge in [-0.25, -0.2) is 4.79 Å². The Hall–Kier alpha value is -1.77. The van der Waals surface area contributed by atoms with Crippen molar-refractivity contribution in [3.05, 3.63) is 42.0 Å². The fourth-order valence-corrected chi connectivity index (χ4v) is 1.51. The molecule has 0 atom stereocenters. The molecular formula is C16H22O3. The van der Waals surface area contributed by atoms with Gasteiger partial charge in [0.25, 0.3) is 0 Å². The molecule has 1 aromatic carbocycles. The van der Waals surface area contributed by atoms with E-state index in [9.17, 15) is 4.79 Å². The van der Waals surface area contributed by atoms with Crippen molar-refractivity contribution in [3.8, 4) is 5.75 Å². The van der Waals surface area contributed by atoms with Crippen LogP contribution in [0, 0.1) is 0 Å². The van der Waals surface area contributed by atoms with Crippen LogP contribution in [0.25, 0.3) is 0 Å². The van der Waals surface area contributed by atoms with Crippen LogP contribution >= 0.6 is 0 Å². The Balaban J connectivity index is 2.55. The molecule has 0 bridgehead atoms. The van der Waals surface area contributed by atoms with Gasteiger partial charge in [0.15, 0.2) is 0 Å². The lowest BCUT2D eigenvalue weighted by Crippen LogP contribution is -2.13. The molecule has 0 saturated carbocycles. The smallest absolute Gasteiger partial charge is 0.336 e. The van der Waals surface area contributed by atoms with Crippen LogP contribution in [0.1, 0.15) is 33.3 Å². The minimum atomic E-state index is -0.409. The van der Waals surface area contributed by atoms with E-state index in [0.29, 0.717) is 12.2 Å². The number of carbonyl (C=O) groups excluding carboxylic acids is 1. The molecule has 3 nitrogen and oxygen atoms in total. The molecule has 0 fully saturated rings. The number of esters is 1. The summed E-state index contributed by atoms with van der Waals surface area (Å²) in [6, 6.07) is 7.86. The predicted molar refractivity (Wildman–Crippen MR) is 76.4 cm³/mol. The lowest BCUT2D eigenvalue weighted by Gasteiger charge is -2.19. The lowest BCUT2D eigenvalue weighted by atomic mass is 9.87. The number of rotatable bonds is 5. The molecule has 19 heavy (non-hydrogen) atoms. The van der Waals surface area contributed by atoms with Crippen LogP contribution in [0.15, 0.2) is 36.4 Å². The fourth-order valence-electron chi connectivity index (χ4n) is 1.51. The normalized spacial score (nSPS) is 10.9. The first-order valence-electron chi connectivity index (χ1n) is 6.43. The van der Waals surface area contributed by atoms with Crippen molar-refractivity contribution < 1.29 is 14.3 Å². The van der Waals surface area contributed by atoms with Gasteiger partial charge in [0.1, 0.15) is 12.4 Å². The molecule has 0 radical (unpaired) electrons. The van der Waals surface area contributed by atoms with Crippen molar-refractivity contribution in [3.63, 3.8) is 0 Å². The zero-order valence-corrected chi connectivity index (χ0v) is 12.2. The van der Waals surface area contributed by atoms with Gasteiger partial charge in [0.2, 0.25) is 0 Å². The maximum absolute atomic E-state index is 11.3. The molecule has 0 aliphatic carbocycles. The number of carbonyl (C=O) groups is 1. The highest BCUT2D eigenvalue weighted by Gasteiger charge is 2.13. The summed E-state index contributed by atoms with van der Waals surface area (Å²) in [4.78, 5) is 11.3. The number of benzene rings is 1. The quantitative estimate of drug-likeness (QED) is 0.602. The van der Waals surface area contributed by atoms with Crippen LogP contribution in [0.2, 0.25) is 0 Å². The van der Waals surface area contributed by atoms with Crippen molar-refractivity contribution in [1.29, 1.82) is 0 Å². The average Bonchev–Trinajstić information content (AvgIpc) is 2.35. The van der Waals surface area contributed by atoms with Crippen molar-refractivity contribution in [2.24, 2.45) is 0 Å². The largest absolute Gasteiger partial charge is 0.489 e. The SMILES string of the molecule is C=C(COc1ccc(C(C)(C)C)cc1)C(=O)OCC. The summed E-state index contributed by atoms with van der Waals surface area (Å²) >= 11 is 0. The molecule has 0 spiro atoms. The van der Waals surface area contributed by atoms with E-state index in [-0.39, 0.29) is 12.0 Å². The molecule has 0 heterocycles. The van der Waals surface area contributed by atoms with Crippen LogP contribution in [0.3, 0.4) is 0 Å². The molecule has 0 unspecified atom stereocenters. The van der Waals surface area contributed by atoms with Crippen molar-refractivity contribution in [1.82, 2.24) is 0 Å². The number of ether oxygens (including phenoxy) is 2. The molecular weight excluding hydrogens is 240 g/mol. The van der Waals surface area contributed by atoms with Gasteiger partial charge in [-0.3, -0.25) is 0 Å². The third-order valence-corrected chi connectivity index (χ3v) is 2.70. The highest BCUT2D eigenvalue weighted by Crippen LogP contribution is 2.24. The monoisotopic (exact) mass is 262 g/mol. The van der Waals surface area contributed by atoms with Gasteiger partial charge in [0, 0.05) is 0 Å². The zero-order valence-electron chi connectivity index (χ0n) is 12.2. The van der Waals surface area contributed by atoms with Gasteiger partial charge in [-0.15, -0.1) is 0 Å². The average molecular weight is 262 g/mol. The maximum atomic E-state index is 11.3. The third kappa shape index (κ3) is 4.78. The summed E-state index contributed by atoms with van der Waals surface area (Å²) in [7, 11) is 0. The van der Waals surface area contributed by atoms with Crippen LogP contribution < -0.4 is 4.74 Å². The van der Waals surface area contributed by atoms with E-state index in [2.05, 4.69) is 27.4 Å². The van der Waals surface area contributed by atoms with Crippen LogP contribution in [-0.4, -0.2) is 19.2 Å². The number of hydrogen-bond donors (Lipinski definition) is 0. The van der Waals surface area contributed by atoms with E-state index < -0.39 is 5.97 Å². The Bertz CT molecular complexity index is 438. The molecule has 0 saturated heterocycles. The highest BCUT2D eigenvalue weighted by atomic mass is 16.5. The van der Waals surface area contributed by atoms with Gasteiger partial charge < -0.3 is 9.47 Å². The standard InChI is InChI=1S/C16H22O3/c1-6-18-15(17)12(2)11-19-14-9-7-13(8-10-14)16(3,4)5/h7-10H,2,6,11H2,1,3-5H3. The van der Waals surface area contributed by atoms with Gasteiger partial charge in [-0.05, 0) is 30.0 Å². The first kappa shape index (κ1) is 15.3. The summed E-state index contributed by atoms with van der Waals surface area (Å²) in [5, 5.41) is 0. The van der Waals surface area contributed by atoms with E-state index in [0.717, 1.165) is 5.75 Å². The molecule has 3 heteroatoms. The third-order valence-electron chi connectivity index (χ3n) is 2.70. The minimum absolute atomic E-state index is 0.118. The van der Waals surface area contributed by atoms with E-state index in [1.165, 1.54) is 5.56 Å². The molecule has 1 rings (SSSR count).